The number of hydrogen-bond donors (Lipinski definition) is 0. The molecular weight excluding hydrogens is 350 g/mol. The molecule has 4 aromatic rings. The summed E-state index contributed by atoms with van der Waals surface area (Å²) in [5.74, 6) is 0. The van der Waals surface area contributed by atoms with Gasteiger partial charge >= 0.3 is 0 Å². The fourth-order valence-corrected chi connectivity index (χ4v) is 3.56. The third-order valence-corrected chi connectivity index (χ3v) is 4.98. The molecule has 0 amide bonds. The number of non-ortho nitro benzene ring substituents is 1. The van der Waals surface area contributed by atoms with Crippen LogP contribution in [0.4, 0.5) is 5.69 Å². The van der Waals surface area contributed by atoms with Crippen molar-refractivity contribution in [3.05, 3.63) is 92.1 Å². The van der Waals surface area contributed by atoms with Gasteiger partial charge in [-0.15, -0.1) is 11.3 Å². The monoisotopic (exact) mass is 363 g/mol. The van der Waals surface area contributed by atoms with Gasteiger partial charge in [0.2, 0.25) is 0 Å². The summed E-state index contributed by atoms with van der Waals surface area (Å²) in [6, 6.07) is 17.5. The van der Waals surface area contributed by atoms with Gasteiger partial charge in [-0.3, -0.25) is 14.9 Å². The van der Waals surface area contributed by atoms with Gasteiger partial charge in [0.05, 0.1) is 21.7 Å². The number of fused-ring (bicyclic) bond motifs is 1. The van der Waals surface area contributed by atoms with Crippen molar-refractivity contribution in [2.45, 2.75) is 6.54 Å². The van der Waals surface area contributed by atoms with Gasteiger partial charge in [0.25, 0.3) is 11.2 Å². The van der Waals surface area contributed by atoms with E-state index in [1.54, 1.807) is 29.5 Å². The number of aromatic nitrogens is 2. The molecule has 0 aliphatic carbocycles. The highest BCUT2D eigenvalue weighted by Crippen LogP contribution is 2.28. The largest absolute Gasteiger partial charge is 0.274 e. The number of nitro groups is 1. The maximum atomic E-state index is 12.8. The minimum absolute atomic E-state index is 0.0202. The van der Waals surface area contributed by atoms with E-state index in [1.165, 1.54) is 16.8 Å². The highest BCUT2D eigenvalue weighted by molar-refractivity contribution is 7.13. The molecule has 0 atom stereocenters. The first-order chi connectivity index (χ1) is 12.6. The van der Waals surface area contributed by atoms with Crippen molar-refractivity contribution in [1.29, 1.82) is 0 Å². The fraction of sp³-hybridized carbons (Fsp3) is 0.0526. The van der Waals surface area contributed by atoms with Crippen LogP contribution >= 0.6 is 11.3 Å². The second kappa shape index (κ2) is 6.53. The van der Waals surface area contributed by atoms with Gasteiger partial charge in [0, 0.05) is 17.5 Å². The molecule has 0 unspecified atom stereocenters. The van der Waals surface area contributed by atoms with Gasteiger partial charge in [-0.1, -0.05) is 36.4 Å². The summed E-state index contributed by atoms with van der Waals surface area (Å²) < 4.78 is 1.42. The quantitative estimate of drug-likeness (QED) is 0.404. The van der Waals surface area contributed by atoms with Gasteiger partial charge in [-0.2, -0.15) is 5.10 Å². The normalized spacial score (nSPS) is 10.9. The van der Waals surface area contributed by atoms with Crippen LogP contribution in [0, 0.1) is 10.1 Å². The van der Waals surface area contributed by atoms with Crippen molar-refractivity contribution in [3.63, 3.8) is 0 Å². The number of nitro benzene ring substituents is 1. The second-order valence-corrected chi connectivity index (χ2v) is 6.71. The summed E-state index contributed by atoms with van der Waals surface area (Å²) in [7, 11) is 0. The molecule has 2 heterocycles. The maximum absolute atomic E-state index is 12.8. The van der Waals surface area contributed by atoms with Crippen LogP contribution in [-0.4, -0.2) is 14.7 Å². The van der Waals surface area contributed by atoms with E-state index < -0.39 is 4.92 Å². The zero-order valence-corrected chi connectivity index (χ0v) is 14.3. The Morgan fingerprint density at radius 3 is 2.38 bits per heavy atom. The summed E-state index contributed by atoms with van der Waals surface area (Å²) in [6.45, 7) is 0.250. The van der Waals surface area contributed by atoms with E-state index >= 15 is 0 Å². The van der Waals surface area contributed by atoms with Crippen LogP contribution in [0.1, 0.15) is 5.56 Å². The first-order valence-corrected chi connectivity index (χ1v) is 8.78. The van der Waals surface area contributed by atoms with Gasteiger partial charge in [-0.25, -0.2) is 4.68 Å². The highest BCUT2D eigenvalue weighted by atomic mass is 32.1. The molecule has 0 spiro atoms. The zero-order chi connectivity index (χ0) is 18.1. The lowest BCUT2D eigenvalue weighted by Crippen LogP contribution is -2.24. The van der Waals surface area contributed by atoms with Crippen molar-refractivity contribution in [2.75, 3.05) is 0 Å². The molecule has 0 aliphatic rings. The molecule has 0 bridgehead atoms. The van der Waals surface area contributed by atoms with Crippen LogP contribution in [0.2, 0.25) is 0 Å². The predicted octanol–water partition coefficient (Wildman–Crippen LogP) is 4.08. The molecule has 0 saturated heterocycles. The molecule has 0 aliphatic heterocycles. The summed E-state index contributed by atoms with van der Waals surface area (Å²) in [6.07, 6.45) is 0. The van der Waals surface area contributed by atoms with E-state index in [4.69, 9.17) is 0 Å². The van der Waals surface area contributed by atoms with Crippen LogP contribution in [0.5, 0.6) is 0 Å². The fourth-order valence-electron chi connectivity index (χ4n) is 2.83. The lowest BCUT2D eigenvalue weighted by atomic mass is 10.1. The Morgan fingerprint density at radius 1 is 1.00 bits per heavy atom. The van der Waals surface area contributed by atoms with Gasteiger partial charge in [0.15, 0.2) is 0 Å². The van der Waals surface area contributed by atoms with Crippen molar-refractivity contribution in [3.8, 4) is 10.6 Å². The summed E-state index contributed by atoms with van der Waals surface area (Å²) >= 11 is 1.56. The van der Waals surface area contributed by atoms with Crippen molar-refractivity contribution in [2.24, 2.45) is 0 Å². The van der Waals surface area contributed by atoms with E-state index in [0.717, 1.165) is 21.5 Å². The topological polar surface area (TPSA) is 78.0 Å². The first-order valence-electron chi connectivity index (χ1n) is 7.90. The summed E-state index contributed by atoms with van der Waals surface area (Å²) in [5, 5.41) is 18.8. The predicted molar refractivity (Wildman–Crippen MR) is 102 cm³/mol. The van der Waals surface area contributed by atoms with Gasteiger partial charge in [-0.05, 0) is 23.1 Å². The average molecular weight is 363 g/mol. The van der Waals surface area contributed by atoms with Crippen LogP contribution in [0.3, 0.4) is 0 Å². The first kappa shape index (κ1) is 16.2. The molecule has 2 aromatic carbocycles. The molecule has 26 heavy (non-hydrogen) atoms. The number of thiophene rings is 1. The van der Waals surface area contributed by atoms with Crippen molar-refractivity contribution >= 4 is 27.8 Å². The summed E-state index contributed by atoms with van der Waals surface area (Å²) in [5.41, 5.74) is 1.38. The molecular formula is C19H13N3O3S. The van der Waals surface area contributed by atoms with Gasteiger partial charge < -0.3 is 0 Å². The maximum Gasteiger partial charge on any atom is 0.274 e. The Morgan fingerprint density at radius 2 is 1.73 bits per heavy atom. The Balaban J connectivity index is 1.83. The van der Waals surface area contributed by atoms with Crippen LogP contribution in [0.15, 0.2) is 70.8 Å². The van der Waals surface area contributed by atoms with E-state index in [9.17, 15) is 14.9 Å². The van der Waals surface area contributed by atoms with Crippen LogP contribution in [-0.2, 0) is 6.54 Å². The molecule has 128 valence electrons. The Hall–Kier alpha value is -3.32. The third-order valence-electron chi connectivity index (χ3n) is 4.10. The van der Waals surface area contributed by atoms with E-state index in [2.05, 4.69) is 5.10 Å². The summed E-state index contributed by atoms with van der Waals surface area (Å²) in [4.78, 5) is 24.2. The number of nitrogens with zero attached hydrogens (tertiary/aromatic N) is 3. The molecule has 7 heteroatoms. The van der Waals surface area contributed by atoms with E-state index in [0.29, 0.717) is 5.39 Å². The SMILES string of the molecule is O=c1c2ccccc2c(-c2cccs2)nn1Cc1ccc([N+](=O)[O-])cc1. The molecule has 2 aromatic heterocycles. The molecule has 4 rings (SSSR count). The van der Waals surface area contributed by atoms with Gasteiger partial charge in [0.1, 0.15) is 5.69 Å². The number of rotatable bonds is 4. The third kappa shape index (κ3) is 2.89. The van der Waals surface area contributed by atoms with Crippen LogP contribution < -0.4 is 5.56 Å². The molecule has 0 N–H and O–H groups in total. The Bertz CT molecular complexity index is 1150. The van der Waals surface area contributed by atoms with Crippen molar-refractivity contribution in [1.82, 2.24) is 9.78 Å². The van der Waals surface area contributed by atoms with Crippen LogP contribution in [0.25, 0.3) is 21.3 Å². The molecule has 0 fully saturated rings. The minimum atomic E-state index is -0.445. The lowest BCUT2D eigenvalue weighted by molar-refractivity contribution is -0.384. The molecule has 6 nitrogen and oxygen atoms in total. The standard InChI is InChI=1S/C19H13N3O3S/c23-19-16-5-2-1-4-15(16)18(17-6-3-11-26-17)20-21(19)12-13-7-9-14(10-8-13)22(24)25/h1-11H,12H2. The second-order valence-electron chi connectivity index (χ2n) is 5.76. The van der Waals surface area contributed by atoms with E-state index in [-0.39, 0.29) is 17.8 Å². The highest BCUT2D eigenvalue weighted by Gasteiger charge is 2.13. The van der Waals surface area contributed by atoms with E-state index in [1.807, 2.05) is 35.7 Å². The molecule has 0 saturated carbocycles. The molecule has 0 radical (unpaired) electrons. The average Bonchev–Trinajstić information content (AvgIpc) is 3.19. The lowest BCUT2D eigenvalue weighted by Gasteiger charge is -2.10. The van der Waals surface area contributed by atoms with Crippen molar-refractivity contribution < 1.29 is 4.92 Å². The number of benzene rings is 2. The zero-order valence-electron chi connectivity index (χ0n) is 13.5. The minimum Gasteiger partial charge on any atom is -0.267 e. The Kier molecular flexibility index (Phi) is 4.06. The smallest absolute Gasteiger partial charge is 0.267 e. The Labute approximate surface area is 152 Å². The number of hydrogen-bond acceptors (Lipinski definition) is 5.